The van der Waals surface area contributed by atoms with Crippen molar-refractivity contribution >= 4 is 46.3 Å². The third-order valence-corrected chi connectivity index (χ3v) is 5.02. The summed E-state index contributed by atoms with van der Waals surface area (Å²) < 4.78 is 9.48. The fraction of sp³-hybridized carbons (Fsp3) is 0.300. The van der Waals surface area contributed by atoms with Crippen molar-refractivity contribution in [2.45, 2.75) is 39.0 Å². The van der Waals surface area contributed by atoms with Gasteiger partial charge in [-0.1, -0.05) is 50.4 Å². The van der Waals surface area contributed by atoms with Gasteiger partial charge < -0.3 is 0 Å². The largest absolute Gasteiger partial charge is 0.390 e. The molecule has 1 aromatic heterocycles. The standard InChI is InChI=1S/C20H18Cl2O6/c1-4-9-20(2,3)14-10-11(21)5-6-12(14)18(23)27-28-19(24)13-7-8-15(22)17-16(13)25-26-17/h5-8,10H,4,9H2,1-3H3. The van der Waals surface area contributed by atoms with E-state index >= 15 is 0 Å². The minimum Gasteiger partial charge on any atom is -0.285 e. The molecule has 0 aliphatic carbocycles. The number of benzene rings is 2. The second-order valence-corrected chi connectivity index (χ2v) is 7.83. The van der Waals surface area contributed by atoms with Gasteiger partial charge in [0.2, 0.25) is 11.2 Å². The van der Waals surface area contributed by atoms with E-state index in [0.29, 0.717) is 10.0 Å². The Bertz CT molecular complexity index is 1030. The van der Waals surface area contributed by atoms with Crippen LogP contribution in [-0.2, 0) is 15.2 Å². The van der Waals surface area contributed by atoms with E-state index in [1.807, 2.05) is 13.8 Å². The van der Waals surface area contributed by atoms with Crippen LogP contribution in [0.4, 0.5) is 0 Å². The van der Waals surface area contributed by atoms with Gasteiger partial charge in [0.05, 0.1) is 10.6 Å². The Hall–Kier alpha value is -2.44. The van der Waals surface area contributed by atoms with Crippen molar-refractivity contribution in [3.8, 4) is 0 Å². The van der Waals surface area contributed by atoms with Crippen molar-refractivity contribution < 1.29 is 28.5 Å². The predicted molar refractivity (Wildman–Crippen MR) is 104 cm³/mol. The van der Waals surface area contributed by atoms with Gasteiger partial charge in [0.1, 0.15) is 5.56 Å². The van der Waals surface area contributed by atoms with Gasteiger partial charge in [0, 0.05) is 5.02 Å². The molecule has 0 amide bonds. The minimum absolute atomic E-state index is 0.0288. The molecule has 2 aromatic carbocycles. The van der Waals surface area contributed by atoms with Gasteiger partial charge in [-0.3, -0.25) is 9.15 Å². The summed E-state index contributed by atoms with van der Waals surface area (Å²) >= 11 is 12.0. The van der Waals surface area contributed by atoms with Crippen LogP contribution in [0.3, 0.4) is 0 Å². The van der Waals surface area contributed by atoms with Gasteiger partial charge >= 0.3 is 11.9 Å². The molecular formula is C20H18Cl2O6. The lowest BCUT2D eigenvalue weighted by molar-refractivity contribution is -0.187. The number of carbonyl (C=O) groups is 2. The molecule has 0 spiro atoms. The van der Waals surface area contributed by atoms with Crippen molar-refractivity contribution in [1.29, 1.82) is 0 Å². The van der Waals surface area contributed by atoms with Crippen molar-refractivity contribution in [2.75, 3.05) is 0 Å². The third-order valence-electron chi connectivity index (χ3n) is 4.49. The van der Waals surface area contributed by atoms with Gasteiger partial charge in [-0.05, 0) is 47.7 Å². The number of rotatable bonds is 5. The van der Waals surface area contributed by atoms with E-state index in [1.54, 1.807) is 18.2 Å². The first-order valence-corrected chi connectivity index (χ1v) is 9.40. The van der Waals surface area contributed by atoms with Crippen LogP contribution in [-0.4, -0.2) is 11.9 Å². The zero-order chi connectivity index (χ0) is 20.5. The molecule has 1 heterocycles. The zero-order valence-electron chi connectivity index (χ0n) is 15.5. The predicted octanol–water partition coefficient (Wildman–Crippen LogP) is 6.34. The molecule has 148 valence electrons. The van der Waals surface area contributed by atoms with Gasteiger partial charge in [0.25, 0.3) is 0 Å². The van der Waals surface area contributed by atoms with Gasteiger partial charge in [-0.2, -0.15) is 0 Å². The first-order chi connectivity index (χ1) is 13.2. The van der Waals surface area contributed by atoms with Crippen molar-refractivity contribution in [3.05, 3.63) is 57.1 Å². The second kappa shape index (κ2) is 7.89. The lowest BCUT2D eigenvalue weighted by atomic mass is 9.78. The lowest BCUT2D eigenvalue weighted by Gasteiger charge is -2.26. The Kier molecular flexibility index (Phi) is 5.72. The normalized spacial score (nSPS) is 11.6. The van der Waals surface area contributed by atoms with E-state index in [4.69, 9.17) is 42.1 Å². The summed E-state index contributed by atoms with van der Waals surface area (Å²) in [5.74, 6) is -1.71. The number of carbonyl (C=O) groups excluding carboxylic acids is 2. The topological polar surface area (TPSA) is 78.9 Å². The number of fused-ring (bicyclic) bond motifs is 1. The van der Waals surface area contributed by atoms with Crippen molar-refractivity contribution in [3.63, 3.8) is 0 Å². The van der Waals surface area contributed by atoms with Crippen LogP contribution in [0.25, 0.3) is 11.2 Å². The average molecular weight is 425 g/mol. The highest BCUT2D eigenvalue weighted by Gasteiger charge is 2.28. The fourth-order valence-corrected chi connectivity index (χ4v) is 3.44. The van der Waals surface area contributed by atoms with Crippen LogP contribution in [0.15, 0.2) is 39.5 Å². The highest BCUT2D eigenvalue weighted by molar-refractivity contribution is 6.35. The maximum atomic E-state index is 12.6. The molecule has 0 unspecified atom stereocenters. The van der Waals surface area contributed by atoms with Crippen LogP contribution in [0.2, 0.25) is 10.0 Å². The molecule has 0 fully saturated rings. The third kappa shape index (κ3) is 3.88. The van der Waals surface area contributed by atoms with Crippen LogP contribution >= 0.6 is 23.2 Å². The quantitative estimate of drug-likeness (QED) is 0.351. The highest BCUT2D eigenvalue weighted by atomic mass is 35.5. The van der Waals surface area contributed by atoms with Crippen LogP contribution in [0.1, 0.15) is 59.9 Å². The summed E-state index contributed by atoms with van der Waals surface area (Å²) in [5, 5.41) is 0.795. The molecule has 0 atom stereocenters. The van der Waals surface area contributed by atoms with E-state index < -0.39 is 11.9 Å². The summed E-state index contributed by atoms with van der Waals surface area (Å²) in [6, 6.07) is 7.70. The van der Waals surface area contributed by atoms with E-state index in [2.05, 4.69) is 6.92 Å². The van der Waals surface area contributed by atoms with Crippen molar-refractivity contribution in [1.82, 2.24) is 0 Å². The molecule has 0 N–H and O–H groups in total. The Morgan fingerprint density at radius 3 is 2.18 bits per heavy atom. The van der Waals surface area contributed by atoms with Gasteiger partial charge in [0.15, 0.2) is 0 Å². The molecule has 0 saturated heterocycles. The molecule has 6 nitrogen and oxygen atoms in total. The van der Waals surface area contributed by atoms with E-state index in [1.165, 1.54) is 12.1 Å². The molecular weight excluding hydrogens is 407 g/mol. The van der Waals surface area contributed by atoms with E-state index in [9.17, 15) is 9.59 Å². The van der Waals surface area contributed by atoms with Gasteiger partial charge in [-0.25, -0.2) is 19.4 Å². The smallest absolute Gasteiger partial charge is 0.285 e. The highest BCUT2D eigenvalue weighted by Crippen LogP contribution is 2.34. The summed E-state index contributed by atoms with van der Waals surface area (Å²) in [6.45, 7) is 6.07. The monoisotopic (exact) mass is 424 g/mol. The Morgan fingerprint density at radius 2 is 1.57 bits per heavy atom. The molecule has 0 saturated carbocycles. The first-order valence-electron chi connectivity index (χ1n) is 8.65. The van der Waals surface area contributed by atoms with E-state index in [-0.39, 0.29) is 27.7 Å². The Balaban J connectivity index is 1.79. The van der Waals surface area contributed by atoms with Crippen molar-refractivity contribution in [2.24, 2.45) is 0 Å². The maximum Gasteiger partial charge on any atom is 0.390 e. The number of hydrogen-bond donors (Lipinski definition) is 0. The first kappa shape index (κ1) is 20.3. The zero-order valence-corrected chi connectivity index (χ0v) is 17.0. The average Bonchev–Trinajstić information content (AvgIpc) is 2.60. The molecule has 3 aromatic rings. The van der Waals surface area contributed by atoms with Gasteiger partial charge in [-0.15, -0.1) is 0 Å². The maximum absolute atomic E-state index is 12.6. The lowest BCUT2D eigenvalue weighted by Crippen LogP contribution is -2.22. The summed E-state index contributed by atoms with van der Waals surface area (Å²) in [5.41, 5.74) is 1.06. The molecule has 8 heteroatoms. The molecule has 28 heavy (non-hydrogen) atoms. The van der Waals surface area contributed by atoms with E-state index in [0.717, 1.165) is 18.4 Å². The second-order valence-electron chi connectivity index (χ2n) is 6.99. The fourth-order valence-electron chi connectivity index (χ4n) is 3.09. The summed E-state index contributed by atoms with van der Waals surface area (Å²) in [7, 11) is 0. The van der Waals surface area contributed by atoms with Crippen LogP contribution in [0.5, 0.6) is 0 Å². The Labute approximate surface area is 171 Å². The van der Waals surface area contributed by atoms with Crippen LogP contribution in [0, 0.1) is 0 Å². The minimum atomic E-state index is -0.909. The molecule has 0 radical (unpaired) electrons. The number of halogens is 2. The molecule has 3 rings (SSSR count). The summed E-state index contributed by atoms with van der Waals surface area (Å²) in [4.78, 5) is 34.3. The molecule has 0 aliphatic rings. The SMILES string of the molecule is CCCC(C)(C)c1cc(Cl)ccc1C(=O)OOC(=O)c1ccc(Cl)c2ooc12. The number of hydrogen-bond acceptors (Lipinski definition) is 6. The summed E-state index contributed by atoms with van der Waals surface area (Å²) in [6.07, 6.45) is 1.76. The molecule has 0 bridgehead atoms. The molecule has 0 aliphatic heterocycles. The Morgan fingerprint density at radius 1 is 0.964 bits per heavy atom. The van der Waals surface area contributed by atoms with Crippen LogP contribution < -0.4 is 0 Å².